The van der Waals surface area contributed by atoms with E-state index < -0.39 is 0 Å². The summed E-state index contributed by atoms with van der Waals surface area (Å²) in [6.07, 6.45) is 0.820. The van der Waals surface area contributed by atoms with Crippen LogP contribution in [0.3, 0.4) is 0 Å². The van der Waals surface area contributed by atoms with Crippen LogP contribution in [0, 0.1) is 0 Å². The van der Waals surface area contributed by atoms with Crippen molar-refractivity contribution < 1.29 is 9.53 Å². The van der Waals surface area contributed by atoms with Crippen LogP contribution in [0.25, 0.3) is 0 Å². The smallest absolute Gasteiger partial charge is 0.271 e. The van der Waals surface area contributed by atoms with Crippen molar-refractivity contribution in [3.8, 4) is 0 Å². The summed E-state index contributed by atoms with van der Waals surface area (Å²) >= 11 is 0. The molecule has 2 N–H and O–H groups in total. The molecule has 1 aromatic rings. The Morgan fingerprint density at radius 1 is 1.58 bits per heavy atom. The zero-order valence-electron chi connectivity index (χ0n) is 12.2. The number of aryl methyl sites for hydroxylation is 2. The second kappa shape index (κ2) is 7.25. The fourth-order valence-electron chi connectivity index (χ4n) is 1.95. The third-order valence-corrected chi connectivity index (χ3v) is 2.95. The number of carbonyl (C=O) groups is 1. The standard InChI is InChI=1S/C13H24N4O2/c1-5-11-7-12(17(6-2)15-11)13(18)16(3)8-10(14)9-19-4/h7,10H,5-6,8-9,14H2,1-4H3. The molecule has 1 heterocycles. The van der Waals surface area contributed by atoms with Crippen molar-refractivity contribution in [1.29, 1.82) is 0 Å². The minimum absolute atomic E-state index is 0.0550. The molecule has 1 unspecified atom stereocenters. The minimum atomic E-state index is -0.178. The number of aromatic nitrogens is 2. The number of hydrogen-bond donors (Lipinski definition) is 1. The minimum Gasteiger partial charge on any atom is -0.383 e. The first-order valence-electron chi connectivity index (χ1n) is 6.60. The molecule has 0 aliphatic heterocycles. The molecule has 1 atom stereocenters. The molecule has 1 amide bonds. The SMILES string of the molecule is CCc1cc(C(=O)N(C)CC(N)COC)n(CC)n1. The summed E-state index contributed by atoms with van der Waals surface area (Å²) in [7, 11) is 3.35. The van der Waals surface area contributed by atoms with Crippen LogP contribution in [-0.4, -0.2) is 53.9 Å². The first-order valence-corrected chi connectivity index (χ1v) is 6.60. The van der Waals surface area contributed by atoms with Crippen molar-refractivity contribution in [2.45, 2.75) is 32.9 Å². The molecule has 0 aromatic carbocycles. The Kier molecular flexibility index (Phi) is 5.98. The molecular formula is C13H24N4O2. The van der Waals surface area contributed by atoms with Crippen LogP contribution in [0.5, 0.6) is 0 Å². The summed E-state index contributed by atoms with van der Waals surface area (Å²) in [6, 6.07) is 1.67. The van der Waals surface area contributed by atoms with Crippen LogP contribution >= 0.6 is 0 Å². The van der Waals surface area contributed by atoms with Gasteiger partial charge in [-0.05, 0) is 19.4 Å². The van der Waals surface area contributed by atoms with E-state index >= 15 is 0 Å². The molecule has 0 saturated carbocycles. The number of likely N-dealkylation sites (N-methyl/N-ethyl adjacent to an activating group) is 1. The molecule has 0 aliphatic carbocycles. The van der Waals surface area contributed by atoms with Crippen molar-refractivity contribution in [2.24, 2.45) is 5.73 Å². The average molecular weight is 268 g/mol. The van der Waals surface area contributed by atoms with E-state index in [1.165, 1.54) is 0 Å². The Bertz CT molecular complexity index is 417. The molecule has 1 aromatic heterocycles. The Hall–Kier alpha value is -1.40. The summed E-state index contributed by atoms with van der Waals surface area (Å²) in [5.41, 5.74) is 7.41. The third kappa shape index (κ3) is 4.04. The molecule has 0 bridgehead atoms. The molecule has 0 spiro atoms. The van der Waals surface area contributed by atoms with Crippen molar-refractivity contribution in [1.82, 2.24) is 14.7 Å². The van der Waals surface area contributed by atoms with E-state index in [1.54, 1.807) is 23.7 Å². The van der Waals surface area contributed by atoms with Gasteiger partial charge in [-0.15, -0.1) is 0 Å². The second-order valence-electron chi connectivity index (χ2n) is 4.59. The molecule has 0 radical (unpaired) electrons. The molecule has 0 saturated heterocycles. The van der Waals surface area contributed by atoms with Gasteiger partial charge >= 0.3 is 0 Å². The van der Waals surface area contributed by atoms with Crippen LogP contribution in [0.1, 0.15) is 30.0 Å². The topological polar surface area (TPSA) is 73.4 Å². The van der Waals surface area contributed by atoms with Gasteiger partial charge < -0.3 is 15.4 Å². The first-order chi connectivity index (χ1) is 9.03. The van der Waals surface area contributed by atoms with Crippen LogP contribution in [0.4, 0.5) is 0 Å². The highest BCUT2D eigenvalue weighted by molar-refractivity contribution is 5.92. The molecule has 19 heavy (non-hydrogen) atoms. The maximum atomic E-state index is 12.4. The lowest BCUT2D eigenvalue weighted by Gasteiger charge is -2.21. The highest BCUT2D eigenvalue weighted by atomic mass is 16.5. The highest BCUT2D eigenvalue weighted by Gasteiger charge is 2.19. The lowest BCUT2D eigenvalue weighted by atomic mass is 10.2. The van der Waals surface area contributed by atoms with Crippen LogP contribution < -0.4 is 5.73 Å². The number of hydrogen-bond acceptors (Lipinski definition) is 4. The number of methoxy groups -OCH3 is 1. The van der Waals surface area contributed by atoms with E-state index in [2.05, 4.69) is 5.10 Å². The van der Waals surface area contributed by atoms with Gasteiger partial charge in [0.15, 0.2) is 0 Å². The van der Waals surface area contributed by atoms with E-state index in [-0.39, 0.29) is 11.9 Å². The molecule has 1 rings (SSSR count). The lowest BCUT2D eigenvalue weighted by Crippen LogP contribution is -2.41. The monoisotopic (exact) mass is 268 g/mol. The van der Waals surface area contributed by atoms with Crippen LogP contribution in [0.2, 0.25) is 0 Å². The summed E-state index contributed by atoms with van der Waals surface area (Å²) in [5.74, 6) is -0.0550. The Balaban J connectivity index is 2.78. The number of rotatable bonds is 7. The summed E-state index contributed by atoms with van der Waals surface area (Å²) < 4.78 is 6.71. The second-order valence-corrected chi connectivity index (χ2v) is 4.59. The van der Waals surface area contributed by atoms with Gasteiger partial charge in [0, 0.05) is 33.3 Å². The van der Waals surface area contributed by atoms with E-state index in [4.69, 9.17) is 10.5 Å². The van der Waals surface area contributed by atoms with Crippen molar-refractivity contribution in [2.75, 3.05) is 27.3 Å². The molecule has 108 valence electrons. The fourth-order valence-corrected chi connectivity index (χ4v) is 1.95. The van der Waals surface area contributed by atoms with Gasteiger partial charge in [-0.3, -0.25) is 9.48 Å². The molecule has 0 aliphatic rings. The Morgan fingerprint density at radius 2 is 2.26 bits per heavy atom. The zero-order chi connectivity index (χ0) is 14.4. The number of amides is 1. The van der Waals surface area contributed by atoms with Gasteiger partial charge in [-0.2, -0.15) is 5.10 Å². The van der Waals surface area contributed by atoms with Gasteiger partial charge in [0.25, 0.3) is 5.91 Å². The predicted octanol–water partition coefficient (Wildman–Crippen LogP) is 0.511. The average Bonchev–Trinajstić information content (AvgIpc) is 2.81. The zero-order valence-corrected chi connectivity index (χ0v) is 12.2. The van der Waals surface area contributed by atoms with Crippen LogP contribution in [-0.2, 0) is 17.7 Å². The largest absolute Gasteiger partial charge is 0.383 e. The number of nitrogens with zero attached hydrogens (tertiary/aromatic N) is 3. The molecule has 6 nitrogen and oxygen atoms in total. The van der Waals surface area contributed by atoms with Gasteiger partial charge in [0.05, 0.1) is 12.3 Å². The van der Waals surface area contributed by atoms with E-state index in [0.717, 1.165) is 12.1 Å². The van der Waals surface area contributed by atoms with Crippen molar-refractivity contribution >= 4 is 5.91 Å². The van der Waals surface area contributed by atoms with E-state index in [0.29, 0.717) is 25.4 Å². The fraction of sp³-hybridized carbons (Fsp3) is 0.692. The molecule has 0 fully saturated rings. The number of ether oxygens (including phenoxy) is 1. The lowest BCUT2D eigenvalue weighted by molar-refractivity contribution is 0.0752. The Morgan fingerprint density at radius 3 is 2.79 bits per heavy atom. The van der Waals surface area contributed by atoms with E-state index in [9.17, 15) is 4.79 Å². The van der Waals surface area contributed by atoms with Gasteiger partial charge in [-0.25, -0.2) is 0 Å². The summed E-state index contributed by atoms with van der Waals surface area (Å²) in [4.78, 5) is 14.0. The number of nitrogens with two attached hydrogens (primary N) is 1. The van der Waals surface area contributed by atoms with Gasteiger partial charge in [0.1, 0.15) is 5.69 Å². The van der Waals surface area contributed by atoms with Crippen molar-refractivity contribution in [3.63, 3.8) is 0 Å². The maximum absolute atomic E-state index is 12.4. The maximum Gasteiger partial charge on any atom is 0.271 e. The first kappa shape index (κ1) is 15.7. The quantitative estimate of drug-likeness (QED) is 0.782. The normalized spacial score (nSPS) is 12.5. The van der Waals surface area contributed by atoms with Crippen molar-refractivity contribution in [3.05, 3.63) is 17.5 Å². The van der Waals surface area contributed by atoms with Gasteiger partial charge in [0.2, 0.25) is 0 Å². The number of carbonyl (C=O) groups excluding carboxylic acids is 1. The Labute approximate surface area is 114 Å². The van der Waals surface area contributed by atoms with E-state index in [1.807, 2.05) is 19.9 Å². The van der Waals surface area contributed by atoms with Gasteiger partial charge in [-0.1, -0.05) is 6.92 Å². The molecular weight excluding hydrogens is 244 g/mol. The predicted molar refractivity (Wildman–Crippen MR) is 74.1 cm³/mol. The summed E-state index contributed by atoms with van der Waals surface area (Å²) in [6.45, 7) is 5.57. The summed E-state index contributed by atoms with van der Waals surface area (Å²) in [5, 5.41) is 4.38. The highest BCUT2D eigenvalue weighted by Crippen LogP contribution is 2.08. The molecule has 6 heteroatoms. The van der Waals surface area contributed by atoms with Crippen LogP contribution in [0.15, 0.2) is 6.07 Å². The third-order valence-electron chi connectivity index (χ3n) is 2.95.